The number of hydrogen-bond donors (Lipinski definition) is 2. The first-order chi connectivity index (χ1) is 9.63. The van der Waals surface area contributed by atoms with Crippen molar-refractivity contribution in [3.8, 4) is 0 Å². The monoisotopic (exact) mass is 309 g/mol. The van der Waals surface area contributed by atoms with Gasteiger partial charge in [-0.3, -0.25) is 14.8 Å². The fourth-order valence-electron chi connectivity index (χ4n) is 1.65. The molecule has 5 nitrogen and oxygen atoms in total. The van der Waals surface area contributed by atoms with Gasteiger partial charge < -0.3 is 0 Å². The molecular weight excluding hydrogens is 301 g/mol. The van der Waals surface area contributed by atoms with Gasteiger partial charge in [-0.1, -0.05) is 30.0 Å². The van der Waals surface area contributed by atoms with Crippen molar-refractivity contribution >= 4 is 33.4 Å². The van der Waals surface area contributed by atoms with E-state index in [0.29, 0.717) is 20.4 Å². The van der Waals surface area contributed by atoms with E-state index in [4.69, 9.17) is 0 Å². The number of aromatic amines is 2. The number of fused-ring (bicyclic) bond motifs is 1. The van der Waals surface area contributed by atoms with Gasteiger partial charge in [0, 0.05) is 5.75 Å². The molecule has 0 aliphatic carbocycles. The minimum Gasteiger partial charge on any atom is -0.291 e. The van der Waals surface area contributed by atoms with E-state index in [1.54, 1.807) is 18.2 Å². The lowest BCUT2D eigenvalue weighted by Crippen LogP contribution is -2.20. The van der Waals surface area contributed by atoms with Gasteiger partial charge in [-0.15, -0.1) is 11.3 Å². The second-order valence-electron chi connectivity index (χ2n) is 3.95. The number of hydrogen-bond acceptors (Lipinski definition) is 5. The van der Waals surface area contributed by atoms with Crippen LogP contribution in [0.1, 0.15) is 5.56 Å². The van der Waals surface area contributed by atoms with Crippen molar-refractivity contribution in [3.05, 3.63) is 56.5 Å². The summed E-state index contributed by atoms with van der Waals surface area (Å²) >= 11 is 2.49. The van der Waals surface area contributed by atoms with Gasteiger partial charge in [0.05, 0.1) is 0 Å². The Kier molecular flexibility index (Phi) is 3.41. The van der Waals surface area contributed by atoms with Crippen LogP contribution in [0.15, 0.2) is 38.2 Å². The Morgan fingerprint density at radius 1 is 1.25 bits per heavy atom. The first-order valence-corrected chi connectivity index (χ1v) is 7.43. The Morgan fingerprint density at radius 3 is 2.85 bits per heavy atom. The van der Waals surface area contributed by atoms with E-state index in [-0.39, 0.29) is 11.5 Å². The molecule has 0 atom stereocenters. The molecule has 0 bridgehead atoms. The highest BCUT2D eigenvalue weighted by Crippen LogP contribution is 2.29. The summed E-state index contributed by atoms with van der Waals surface area (Å²) in [6, 6.07) is 6.49. The van der Waals surface area contributed by atoms with Crippen molar-refractivity contribution in [2.75, 3.05) is 0 Å². The third-order valence-corrected chi connectivity index (χ3v) is 4.83. The summed E-state index contributed by atoms with van der Waals surface area (Å²) in [5.41, 5.74) is -0.212. The molecule has 0 radical (unpaired) electrons. The predicted octanol–water partition coefficient (Wildman–Crippen LogP) is 2.10. The van der Waals surface area contributed by atoms with Crippen LogP contribution in [0.2, 0.25) is 0 Å². The first kappa shape index (κ1) is 13.1. The summed E-state index contributed by atoms with van der Waals surface area (Å²) in [6.45, 7) is 0. The number of aromatic nitrogens is 3. The fourth-order valence-corrected chi connectivity index (χ4v) is 3.63. The maximum Gasteiger partial charge on any atom is 0.327 e. The Labute approximate surface area is 119 Å². The van der Waals surface area contributed by atoms with Crippen LogP contribution in [0.5, 0.6) is 0 Å². The lowest BCUT2D eigenvalue weighted by molar-refractivity contribution is 0.617. The van der Waals surface area contributed by atoms with Gasteiger partial charge in [0.2, 0.25) is 0 Å². The molecule has 3 aromatic rings. The number of H-pyrrole nitrogens is 2. The number of halogens is 1. The Morgan fingerprint density at radius 2 is 2.05 bits per heavy atom. The first-order valence-electron chi connectivity index (χ1n) is 5.63. The quantitative estimate of drug-likeness (QED) is 0.726. The van der Waals surface area contributed by atoms with Crippen LogP contribution in [-0.2, 0) is 5.75 Å². The summed E-state index contributed by atoms with van der Waals surface area (Å²) in [5, 5.41) is 0. The topological polar surface area (TPSA) is 78.6 Å². The number of rotatable bonds is 3. The van der Waals surface area contributed by atoms with Crippen LogP contribution in [0.4, 0.5) is 4.39 Å². The molecule has 0 aliphatic heterocycles. The van der Waals surface area contributed by atoms with Gasteiger partial charge in [-0.25, -0.2) is 14.2 Å². The summed E-state index contributed by atoms with van der Waals surface area (Å²) in [4.78, 5) is 31.5. The number of nitrogens with one attached hydrogen (secondary N) is 2. The van der Waals surface area contributed by atoms with E-state index >= 15 is 0 Å². The van der Waals surface area contributed by atoms with Crippen LogP contribution in [0.3, 0.4) is 0 Å². The summed E-state index contributed by atoms with van der Waals surface area (Å²) in [7, 11) is 0. The number of thiazole rings is 1. The van der Waals surface area contributed by atoms with Crippen molar-refractivity contribution in [2.24, 2.45) is 0 Å². The van der Waals surface area contributed by atoms with Gasteiger partial charge in [0.25, 0.3) is 5.56 Å². The summed E-state index contributed by atoms with van der Waals surface area (Å²) in [5.74, 6) is 0.140. The number of nitrogens with zero attached hydrogens (tertiary/aromatic N) is 1. The molecule has 0 amide bonds. The SMILES string of the molecule is O=c1[nH]c(=O)c2sc(SCc3ccccc3F)nc2[nH]1. The van der Waals surface area contributed by atoms with E-state index in [1.165, 1.54) is 29.2 Å². The maximum atomic E-state index is 13.5. The fraction of sp³-hybridized carbons (Fsp3) is 0.0833. The molecule has 8 heteroatoms. The molecule has 102 valence electrons. The second kappa shape index (κ2) is 5.22. The minimum atomic E-state index is -0.585. The molecular formula is C12H8FN3O2S2. The van der Waals surface area contributed by atoms with Crippen molar-refractivity contribution in [2.45, 2.75) is 10.1 Å². The molecule has 0 spiro atoms. The molecule has 2 N–H and O–H groups in total. The number of benzene rings is 1. The maximum absolute atomic E-state index is 13.5. The molecule has 0 saturated heterocycles. The summed E-state index contributed by atoms with van der Waals surface area (Å²) < 4.78 is 14.4. The zero-order valence-electron chi connectivity index (χ0n) is 9.97. The van der Waals surface area contributed by atoms with Crippen LogP contribution in [0, 0.1) is 5.82 Å². The minimum absolute atomic E-state index is 0.264. The Balaban J connectivity index is 1.89. The van der Waals surface area contributed by atoms with Gasteiger partial charge in [0.1, 0.15) is 10.5 Å². The smallest absolute Gasteiger partial charge is 0.291 e. The van der Waals surface area contributed by atoms with E-state index in [9.17, 15) is 14.0 Å². The molecule has 1 aromatic carbocycles. The van der Waals surface area contributed by atoms with Crippen molar-refractivity contribution < 1.29 is 4.39 Å². The Hall–Kier alpha value is -1.93. The molecule has 20 heavy (non-hydrogen) atoms. The van der Waals surface area contributed by atoms with Gasteiger partial charge >= 0.3 is 5.69 Å². The van der Waals surface area contributed by atoms with Crippen molar-refractivity contribution in [3.63, 3.8) is 0 Å². The largest absolute Gasteiger partial charge is 0.327 e. The molecule has 0 fully saturated rings. The predicted molar refractivity (Wildman–Crippen MR) is 76.8 cm³/mol. The molecule has 0 saturated carbocycles. The lowest BCUT2D eigenvalue weighted by atomic mass is 10.2. The van der Waals surface area contributed by atoms with E-state index in [0.717, 1.165) is 0 Å². The van der Waals surface area contributed by atoms with Crippen LogP contribution < -0.4 is 11.2 Å². The van der Waals surface area contributed by atoms with Crippen LogP contribution >= 0.6 is 23.1 Å². The molecule has 3 rings (SSSR count). The van der Waals surface area contributed by atoms with Crippen LogP contribution in [-0.4, -0.2) is 15.0 Å². The standard InChI is InChI=1S/C12H8FN3O2S2/c13-7-4-2-1-3-6(7)5-19-12-15-9-8(20-12)10(17)16-11(18)14-9/h1-4H,5H2,(H2,14,16,17,18). The second-order valence-corrected chi connectivity index (χ2v) is 6.17. The molecule has 0 aliphatic rings. The normalized spacial score (nSPS) is 11.1. The molecule has 2 aromatic heterocycles. The molecule has 0 unspecified atom stereocenters. The zero-order chi connectivity index (χ0) is 14.1. The third kappa shape index (κ3) is 2.52. The highest BCUT2D eigenvalue weighted by molar-refractivity contribution is 8.00. The number of thioether (sulfide) groups is 1. The molecule has 2 heterocycles. The average molecular weight is 309 g/mol. The van der Waals surface area contributed by atoms with Crippen molar-refractivity contribution in [1.29, 1.82) is 0 Å². The third-order valence-electron chi connectivity index (χ3n) is 2.58. The highest BCUT2D eigenvalue weighted by Gasteiger charge is 2.10. The average Bonchev–Trinajstić information content (AvgIpc) is 2.81. The summed E-state index contributed by atoms with van der Waals surface area (Å²) in [6.07, 6.45) is 0. The van der Waals surface area contributed by atoms with Gasteiger partial charge in [0.15, 0.2) is 9.99 Å². The van der Waals surface area contributed by atoms with Gasteiger partial charge in [-0.05, 0) is 11.6 Å². The van der Waals surface area contributed by atoms with E-state index in [1.807, 2.05) is 0 Å². The lowest BCUT2D eigenvalue weighted by Gasteiger charge is -1.99. The van der Waals surface area contributed by atoms with Crippen molar-refractivity contribution in [1.82, 2.24) is 15.0 Å². The van der Waals surface area contributed by atoms with Gasteiger partial charge in [-0.2, -0.15) is 0 Å². The highest BCUT2D eigenvalue weighted by atomic mass is 32.2. The Bertz CT molecular complexity index is 884. The van der Waals surface area contributed by atoms with Crippen LogP contribution in [0.25, 0.3) is 10.3 Å². The van der Waals surface area contributed by atoms with E-state index < -0.39 is 11.2 Å². The zero-order valence-corrected chi connectivity index (χ0v) is 11.6. The van der Waals surface area contributed by atoms with E-state index in [2.05, 4.69) is 15.0 Å².